The fraction of sp³-hybridized carbons (Fsp3) is 0.450. The van der Waals surface area contributed by atoms with Crippen molar-refractivity contribution in [1.29, 1.82) is 0 Å². The maximum atomic E-state index is 5.65. The SMILES string of the molecule is CCN(CC)C(CNC(=NC)NCc1ccc2c(c1)OCO2)c1ccco1.I. The van der Waals surface area contributed by atoms with E-state index in [0.717, 1.165) is 41.9 Å². The minimum absolute atomic E-state index is 0. The molecule has 0 saturated carbocycles. The Morgan fingerprint density at radius 3 is 2.61 bits per heavy atom. The highest BCUT2D eigenvalue weighted by Gasteiger charge is 2.21. The molecule has 2 aromatic rings. The molecular formula is C20H29IN4O3. The number of guanidine groups is 1. The molecule has 0 saturated heterocycles. The van der Waals surface area contributed by atoms with Gasteiger partial charge in [0.05, 0.1) is 12.3 Å². The zero-order valence-electron chi connectivity index (χ0n) is 16.6. The van der Waals surface area contributed by atoms with Gasteiger partial charge in [0.1, 0.15) is 5.76 Å². The minimum Gasteiger partial charge on any atom is -0.468 e. The lowest BCUT2D eigenvalue weighted by atomic mass is 10.2. The van der Waals surface area contributed by atoms with Crippen molar-refractivity contribution >= 4 is 29.9 Å². The van der Waals surface area contributed by atoms with Crippen molar-refractivity contribution in [1.82, 2.24) is 15.5 Å². The molecule has 0 amide bonds. The fourth-order valence-corrected chi connectivity index (χ4v) is 3.21. The van der Waals surface area contributed by atoms with Gasteiger partial charge in [-0.05, 0) is 42.9 Å². The van der Waals surface area contributed by atoms with Gasteiger partial charge in [-0.2, -0.15) is 0 Å². The van der Waals surface area contributed by atoms with Crippen LogP contribution >= 0.6 is 24.0 Å². The van der Waals surface area contributed by atoms with Crippen LogP contribution in [0.2, 0.25) is 0 Å². The van der Waals surface area contributed by atoms with E-state index in [1.807, 2.05) is 30.3 Å². The van der Waals surface area contributed by atoms with Gasteiger partial charge < -0.3 is 24.5 Å². The predicted octanol–water partition coefficient (Wildman–Crippen LogP) is 3.37. The number of benzene rings is 1. The molecule has 1 unspecified atom stereocenters. The Kier molecular flexibility index (Phi) is 8.91. The van der Waals surface area contributed by atoms with Gasteiger partial charge in [0, 0.05) is 20.1 Å². The highest BCUT2D eigenvalue weighted by atomic mass is 127. The molecule has 0 fully saturated rings. The smallest absolute Gasteiger partial charge is 0.231 e. The highest BCUT2D eigenvalue weighted by Crippen LogP contribution is 2.32. The Morgan fingerprint density at radius 1 is 1.14 bits per heavy atom. The fourth-order valence-electron chi connectivity index (χ4n) is 3.21. The van der Waals surface area contributed by atoms with Crippen molar-refractivity contribution in [3.05, 3.63) is 47.9 Å². The number of halogens is 1. The third-order valence-corrected chi connectivity index (χ3v) is 4.71. The molecule has 1 aliphatic rings. The molecule has 0 bridgehead atoms. The van der Waals surface area contributed by atoms with Crippen molar-refractivity contribution < 1.29 is 13.9 Å². The van der Waals surface area contributed by atoms with E-state index in [-0.39, 0.29) is 36.8 Å². The van der Waals surface area contributed by atoms with Crippen molar-refractivity contribution in [2.24, 2.45) is 4.99 Å². The molecule has 2 heterocycles. The summed E-state index contributed by atoms with van der Waals surface area (Å²) in [6, 6.07) is 10.0. The number of hydrogen-bond acceptors (Lipinski definition) is 5. The van der Waals surface area contributed by atoms with Crippen LogP contribution in [0.4, 0.5) is 0 Å². The number of aliphatic imine (C=N–C) groups is 1. The van der Waals surface area contributed by atoms with Crippen molar-refractivity contribution in [2.75, 3.05) is 33.5 Å². The molecule has 0 aliphatic carbocycles. The van der Waals surface area contributed by atoms with E-state index < -0.39 is 0 Å². The molecule has 2 N–H and O–H groups in total. The summed E-state index contributed by atoms with van der Waals surface area (Å²) in [6.07, 6.45) is 1.72. The van der Waals surface area contributed by atoms with Crippen LogP contribution in [0.25, 0.3) is 0 Å². The first-order valence-corrected chi connectivity index (χ1v) is 9.35. The Labute approximate surface area is 183 Å². The molecule has 3 rings (SSSR count). The second-order valence-corrected chi connectivity index (χ2v) is 6.25. The first-order valence-electron chi connectivity index (χ1n) is 9.35. The summed E-state index contributed by atoms with van der Waals surface area (Å²) >= 11 is 0. The normalized spacial score (nSPS) is 13.9. The van der Waals surface area contributed by atoms with E-state index in [4.69, 9.17) is 13.9 Å². The van der Waals surface area contributed by atoms with Gasteiger partial charge in [-0.1, -0.05) is 19.9 Å². The van der Waals surface area contributed by atoms with Gasteiger partial charge in [0.15, 0.2) is 17.5 Å². The summed E-state index contributed by atoms with van der Waals surface area (Å²) in [5.74, 6) is 3.28. The van der Waals surface area contributed by atoms with Gasteiger partial charge >= 0.3 is 0 Å². The molecule has 28 heavy (non-hydrogen) atoms. The first-order chi connectivity index (χ1) is 13.2. The van der Waals surface area contributed by atoms with Crippen LogP contribution in [0.3, 0.4) is 0 Å². The summed E-state index contributed by atoms with van der Waals surface area (Å²) in [7, 11) is 1.77. The van der Waals surface area contributed by atoms with Gasteiger partial charge in [0.25, 0.3) is 0 Å². The van der Waals surface area contributed by atoms with E-state index >= 15 is 0 Å². The average molecular weight is 500 g/mol. The standard InChI is InChI=1S/C20H28N4O3.HI/c1-4-24(5-2)16(17-7-6-10-25-17)13-23-20(21-3)22-12-15-8-9-18-19(11-15)27-14-26-18;/h6-11,16H,4-5,12-14H2,1-3H3,(H2,21,22,23);1H. The lowest BCUT2D eigenvalue weighted by molar-refractivity contribution is 0.174. The molecule has 154 valence electrons. The van der Waals surface area contributed by atoms with E-state index in [0.29, 0.717) is 13.1 Å². The molecule has 0 spiro atoms. The Bertz CT molecular complexity index is 748. The van der Waals surface area contributed by atoms with Gasteiger partial charge in [-0.25, -0.2) is 0 Å². The van der Waals surface area contributed by atoms with Gasteiger partial charge in [-0.15, -0.1) is 24.0 Å². The monoisotopic (exact) mass is 500 g/mol. The second-order valence-electron chi connectivity index (χ2n) is 6.25. The van der Waals surface area contributed by atoms with Crippen molar-refractivity contribution in [2.45, 2.75) is 26.4 Å². The molecule has 8 heteroatoms. The molecule has 1 atom stereocenters. The van der Waals surface area contributed by atoms with Crippen LogP contribution in [-0.2, 0) is 6.54 Å². The topological polar surface area (TPSA) is 71.3 Å². The van der Waals surface area contributed by atoms with Crippen molar-refractivity contribution in [3.63, 3.8) is 0 Å². The summed E-state index contributed by atoms with van der Waals surface area (Å²) < 4.78 is 16.4. The third kappa shape index (κ3) is 5.54. The molecule has 0 radical (unpaired) electrons. The molecule has 1 aromatic heterocycles. The Morgan fingerprint density at radius 2 is 1.93 bits per heavy atom. The first kappa shape index (κ1) is 22.4. The quantitative estimate of drug-likeness (QED) is 0.329. The highest BCUT2D eigenvalue weighted by molar-refractivity contribution is 14.0. The van der Waals surface area contributed by atoms with Crippen LogP contribution in [-0.4, -0.2) is 44.3 Å². The summed E-state index contributed by atoms with van der Waals surface area (Å²) in [4.78, 5) is 6.69. The number of furan rings is 1. The van der Waals surface area contributed by atoms with E-state index in [9.17, 15) is 0 Å². The van der Waals surface area contributed by atoms with E-state index in [2.05, 4.69) is 34.4 Å². The molecule has 1 aliphatic heterocycles. The van der Waals surface area contributed by atoms with Crippen LogP contribution in [0, 0.1) is 0 Å². The maximum absolute atomic E-state index is 5.65. The molecule has 1 aromatic carbocycles. The second kappa shape index (κ2) is 11.2. The average Bonchev–Trinajstić information content (AvgIpc) is 3.38. The van der Waals surface area contributed by atoms with Crippen LogP contribution in [0.5, 0.6) is 11.5 Å². The zero-order chi connectivity index (χ0) is 19.1. The third-order valence-electron chi connectivity index (χ3n) is 4.71. The van der Waals surface area contributed by atoms with Gasteiger partial charge in [0.2, 0.25) is 6.79 Å². The van der Waals surface area contributed by atoms with Crippen LogP contribution in [0.1, 0.15) is 31.2 Å². The minimum atomic E-state index is 0. The summed E-state index contributed by atoms with van der Waals surface area (Å²) in [6.45, 7) is 7.86. The lowest BCUT2D eigenvalue weighted by Crippen LogP contribution is -2.42. The number of fused-ring (bicyclic) bond motifs is 1. The number of likely N-dealkylation sites (N-methyl/N-ethyl adjacent to an activating group) is 1. The largest absolute Gasteiger partial charge is 0.468 e. The lowest BCUT2D eigenvalue weighted by Gasteiger charge is -2.28. The van der Waals surface area contributed by atoms with Gasteiger partial charge in [-0.3, -0.25) is 9.89 Å². The number of nitrogens with zero attached hydrogens (tertiary/aromatic N) is 2. The number of ether oxygens (including phenoxy) is 2. The summed E-state index contributed by atoms with van der Waals surface area (Å²) in [5.41, 5.74) is 1.11. The van der Waals surface area contributed by atoms with Crippen LogP contribution < -0.4 is 20.1 Å². The number of rotatable bonds is 8. The van der Waals surface area contributed by atoms with Crippen molar-refractivity contribution in [3.8, 4) is 11.5 Å². The number of hydrogen-bond donors (Lipinski definition) is 2. The van der Waals surface area contributed by atoms with E-state index in [1.54, 1.807) is 13.3 Å². The Balaban J connectivity index is 0.00000280. The number of nitrogens with one attached hydrogen (secondary N) is 2. The maximum Gasteiger partial charge on any atom is 0.231 e. The van der Waals surface area contributed by atoms with E-state index in [1.165, 1.54) is 0 Å². The molecule has 7 nitrogen and oxygen atoms in total. The Hall–Kier alpha value is -1.94. The zero-order valence-corrected chi connectivity index (χ0v) is 18.9. The predicted molar refractivity (Wildman–Crippen MR) is 121 cm³/mol. The van der Waals surface area contributed by atoms with Crippen LogP contribution in [0.15, 0.2) is 46.0 Å². The summed E-state index contributed by atoms with van der Waals surface area (Å²) in [5, 5.41) is 6.76. The molecular weight excluding hydrogens is 471 g/mol.